The molecule has 5 nitrogen and oxygen atoms in total. The molecule has 0 fully saturated rings. The van der Waals surface area contributed by atoms with Crippen LogP contribution in [0.2, 0.25) is 0 Å². The summed E-state index contributed by atoms with van der Waals surface area (Å²) < 4.78 is 1.30. The molecule has 0 unspecified atom stereocenters. The third-order valence-electron chi connectivity index (χ3n) is 2.97. The van der Waals surface area contributed by atoms with Crippen LogP contribution in [0.25, 0.3) is 16.6 Å². The molecular formula is C14H12N4O. The van der Waals surface area contributed by atoms with E-state index in [0.29, 0.717) is 16.9 Å². The maximum atomic E-state index is 12.4. The van der Waals surface area contributed by atoms with Crippen molar-refractivity contribution >= 4 is 16.5 Å². The molecule has 3 rings (SSSR count). The number of benzene rings is 1. The highest BCUT2D eigenvalue weighted by Gasteiger charge is 2.10. The van der Waals surface area contributed by atoms with Crippen LogP contribution in [0, 0.1) is 6.92 Å². The van der Waals surface area contributed by atoms with Gasteiger partial charge in [0.05, 0.1) is 11.1 Å². The summed E-state index contributed by atoms with van der Waals surface area (Å²) in [4.78, 5) is 16.6. The van der Waals surface area contributed by atoms with Crippen LogP contribution in [-0.4, -0.2) is 14.8 Å². The molecule has 0 aliphatic heterocycles. The molecule has 0 spiro atoms. The van der Waals surface area contributed by atoms with E-state index in [0.717, 1.165) is 11.1 Å². The van der Waals surface area contributed by atoms with Crippen LogP contribution >= 0.6 is 0 Å². The second-order valence-electron chi connectivity index (χ2n) is 4.30. The first-order valence-corrected chi connectivity index (χ1v) is 5.87. The van der Waals surface area contributed by atoms with Crippen LogP contribution < -0.4 is 11.3 Å². The summed E-state index contributed by atoms with van der Waals surface area (Å²) in [7, 11) is 0. The SMILES string of the molecule is Cc1nn(-c2ccccn2)c(=O)c2cc(N)ccc12. The van der Waals surface area contributed by atoms with Gasteiger partial charge in [-0.15, -0.1) is 0 Å². The molecule has 19 heavy (non-hydrogen) atoms. The Morgan fingerprint density at radius 1 is 1.16 bits per heavy atom. The Bertz CT molecular complexity index is 809. The first-order valence-electron chi connectivity index (χ1n) is 5.87. The molecule has 3 aromatic rings. The lowest BCUT2D eigenvalue weighted by Gasteiger charge is -2.08. The molecule has 0 bridgehead atoms. The molecular weight excluding hydrogens is 240 g/mol. The smallest absolute Gasteiger partial charge is 0.280 e. The van der Waals surface area contributed by atoms with E-state index < -0.39 is 0 Å². The topological polar surface area (TPSA) is 73.8 Å². The molecule has 5 heteroatoms. The normalized spacial score (nSPS) is 10.8. The number of aryl methyl sites for hydroxylation is 1. The fraction of sp³-hybridized carbons (Fsp3) is 0.0714. The van der Waals surface area contributed by atoms with Gasteiger partial charge in [-0.3, -0.25) is 4.79 Å². The Morgan fingerprint density at radius 2 is 2.00 bits per heavy atom. The fourth-order valence-corrected chi connectivity index (χ4v) is 2.05. The van der Waals surface area contributed by atoms with Gasteiger partial charge >= 0.3 is 0 Å². The van der Waals surface area contributed by atoms with Crippen molar-refractivity contribution in [3.63, 3.8) is 0 Å². The van der Waals surface area contributed by atoms with E-state index in [9.17, 15) is 4.79 Å². The van der Waals surface area contributed by atoms with Crippen LogP contribution in [-0.2, 0) is 0 Å². The van der Waals surface area contributed by atoms with Crippen LogP contribution in [0.1, 0.15) is 5.69 Å². The van der Waals surface area contributed by atoms with Crippen molar-refractivity contribution in [2.75, 3.05) is 5.73 Å². The number of pyridine rings is 1. The van der Waals surface area contributed by atoms with Gasteiger partial charge in [-0.1, -0.05) is 12.1 Å². The highest BCUT2D eigenvalue weighted by atomic mass is 16.1. The average Bonchev–Trinajstić information content (AvgIpc) is 2.43. The van der Waals surface area contributed by atoms with E-state index in [-0.39, 0.29) is 5.56 Å². The molecule has 0 amide bonds. The zero-order valence-electron chi connectivity index (χ0n) is 10.4. The quantitative estimate of drug-likeness (QED) is 0.668. The van der Waals surface area contributed by atoms with Crippen molar-refractivity contribution in [2.45, 2.75) is 6.92 Å². The zero-order chi connectivity index (χ0) is 13.4. The van der Waals surface area contributed by atoms with Crippen molar-refractivity contribution in [1.29, 1.82) is 0 Å². The van der Waals surface area contributed by atoms with Gasteiger partial charge in [0, 0.05) is 17.3 Å². The molecule has 0 atom stereocenters. The largest absolute Gasteiger partial charge is 0.399 e. The van der Waals surface area contributed by atoms with Crippen LogP contribution in [0.5, 0.6) is 0 Å². The lowest BCUT2D eigenvalue weighted by Crippen LogP contribution is -2.23. The Labute approximate surface area is 109 Å². The minimum atomic E-state index is -0.216. The van der Waals surface area contributed by atoms with Gasteiger partial charge in [0.1, 0.15) is 0 Å². The number of nitrogen functional groups attached to an aromatic ring is 1. The second kappa shape index (κ2) is 4.20. The first-order chi connectivity index (χ1) is 9.16. The lowest BCUT2D eigenvalue weighted by molar-refractivity contribution is 0.777. The zero-order valence-corrected chi connectivity index (χ0v) is 10.4. The number of aromatic nitrogens is 3. The molecule has 0 saturated heterocycles. The monoisotopic (exact) mass is 252 g/mol. The van der Waals surface area contributed by atoms with E-state index in [2.05, 4.69) is 10.1 Å². The summed E-state index contributed by atoms with van der Waals surface area (Å²) in [5, 5.41) is 5.67. The summed E-state index contributed by atoms with van der Waals surface area (Å²) in [6.07, 6.45) is 1.63. The van der Waals surface area contributed by atoms with Crippen LogP contribution in [0.4, 0.5) is 5.69 Å². The Morgan fingerprint density at radius 3 is 2.74 bits per heavy atom. The molecule has 94 valence electrons. The van der Waals surface area contributed by atoms with Crippen molar-refractivity contribution in [3.8, 4) is 5.82 Å². The number of hydrogen-bond acceptors (Lipinski definition) is 4. The average molecular weight is 252 g/mol. The molecule has 1 aromatic carbocycles. The highest BCUT2D eigenvalue weighted by molar-refractivity contribution is 5.86. The number of rotatable bonds is 1. The van der Waals surface area contributed by atoms with Gasteiger partial charge in [0.2, 0.25) is 0 Å². The minimum absolute atomic E-state index is 0.216. The van der Waals surface area contributed by atoms with E-state index in [1.807, 2.05) is 19.1 Å². The highest BCUT2D eigenvalue weighted by Crippen LogP contribution is 2.16. The van der Waals surface area contributed by atoms with Gasteiger partial charge in [0.15, 0.2) is 5.82 Å². The van der Waals surface area contributed by atoms with Gasteiger partial charge < -0.3 is 5.73 Å². The van der Waals surface area contributed by atoms with Gasteiger partial charge in [-0.05, 0) is 31.2 Å². The Balaban J connectivity index is 2.40. The second-order valence-corrected chi connectivity index (χ2v) is 4.30. The van der Waals surface area contributed by atoms with Crippen LogP contribution in [0.15, 0.2) is 47.4 Å². The third-order valence-corrected chi connectivity index (χ3v) is 2.97. The standard InChI is InChI=1S/C14H12N4O/c1-9-11-6-5-10(15)8-12(11)14(19)18(17-9)13-4-2-3-7-16-13/h2-8H,15H2,1H3. The third kappa shape index (κ3) is 1.85. The maximum absolute atomic E-state index is 12.4. The van der Waals surface area contributed by atoms with Crippen molar-refractivity contribution in [1.82, 2.24) is 14.8 Å². The molecule has 0 aliphatic carbocycles. The lowest BCUT2D eigenvalue weighted by atomic mass is 10.1. The molecule has 0 saturated carbocycles. The van der Waals surface area contributed by atoms with E-state index >= 15 is 0 Å². The number of nitrogens with zero attached hydrogens (tertiary/aromatic N) is 3. The molecule has 2 heterocycles. The van der Waals surface area contributed by atoms with Gasteiger partial charge in [-0.2, -0.15) is 9.78 Å². The Kier molecular flexibility index (Phi) is 2.52. The number of anilines is 1. The maximum Gasteiger partial charge on any atom is 0.280 e. The summed E-state index contributed by atoms with van der Waals surface area (Å²) in [6, 6.07) is 10.6. The molecule has 0 radical (unpaired) electrons. The molecule has 2 N–H and O–H groups in total. The summed E-state index contributed by atoms with van der Waals surface area (Å²) in [6.45, 7) is 1.86. The van der Waals surface area contributed by atoms with Crippen molar-refractivity contribution in [3.05, 3.63) is 58.6 Å². The summed E-state index contributed by atoms with van der Waals surface area (Å²) in [5.41, 5.74) is 6.85. The number of nitrogens with two attached hydrogens (primary N) is 1. The fourth-order valence-electron chi connectivity index (χ4n) is 2.05. The Hall–Kier alpha value is -2.69. The first kappa shape index (κ1) is 11.4. The van der Waals surface area contributed by atoms with E-state index in [4.69, 9.17) is 5.73 Å². The van der Waals surface area contributed by atoms with Crippen LogP contribution in [0.3, 0.4) is 0 Å². The molecule has 2 aromatic heterocycles. The van der Waals surface area contributed by atoms with Gasteiger partial charge in [0.25, 0.3) is 5.56 Å². The van der Waals surface area contributed by atoms with E-state index in [1.54, 1.807) is 30.5 Å². The predicted molar refractivity (Wildman–Crippen MR) is 74.3 cm³/mol. The van der Waals surface area contributed by atoms with Crippen molar-refractivity contribution in [2.24, 2.45) is 0 Å². The summed E-state index contributed by atoms with van der Waals surface area (Å²) >= 11 is 0. The molecule has 0 aliphatic rings. The van der Waals surface area contributed by atoms with Gasteiger partial charge in [-0.25, -0.2) is 4.98 Å². The predicted octanol–water partition coefficient (Wildman–Crippen LogP) is 1.67. The van der Waals surface area contributed by atoms with Crippen molar-refractivity contribution < 1.29 is 0 Å². The minimum Gasteiger partial charge on any atom is -0.399 e. The summed E-state index contributed by atoms with van der Waals surface area (Å²) in [5.74, 6) is 0.500. The number of hydrogen-bond donors (Lipinski definition) is 1. The number of fused-ring (bicyclic) bond motifs is 1. The van der Waals surface area contributed by atoms with E-state index in [1.165, 1.54) is 4.68 Å².